The Balaban J connectivity index is 1.59. The van der Waals surface area contributed by atoms with Gasteiger partial charge in [-0.2, -0.15) is 5.10 Å². The molecule has 0 saturated heterocycles. The van der Waals surface area contributed by atoms with E-state index in [9.17, 15) is 4.79 Å². The van der Waals surface area contributed by atoms with Crippen molar-refractivity contribution in [2.75, 3.05) is 5.75 Å². The summed E-state index contributed by atoms with van der Waals surface area (Å²) in [6, 6.07) is 15.0. The third-order valence-electron chi connectivity index (χ3n) is 3.33. The van der Waals surface area contributed by atoms with Crippen molar-refractivity contribution in [2.24, 2.45) is 5.10 Å². The molecule has 3 rings (SSSR count). The van der Waals surface area contributed by atoms with Crippen molar-refractivity contribution in [1.29, 1.82) is 0 Å². The predicted molar refractivity (Wildman–Crippen MR) is 105 cm³/mol. The second kappa shape index (κ2) is 8.34. The predicted octanol–water partition coefficient (Wildman–Crippen LogP) is 4.78. The SMILES string of the molecule is O=C(CSc1cccc2cccnc12)N/N=C\c1cccc(Cl)c1Cl. The summed E-state index contributed by atoms with van der Waals surface area (Å²) in [5.41, 5.74) is 4.01. The third-order valence-corrected chi connectivity index (χ3v) is 5.21. The molecule has 0 aliphatic heterocycles. The Labute approximate surface area is 159 Å². The van der Waals surface area contributed by atoms with Gasteiger partial charge >= 0.3 is 0 Å². The highest BCUT2D eigenvalue weighted by atomic mass is 35.5. The van der Waals surface area contributed by atoms with Crippen LogP contribution in [0.15, 0.2) is 64.7 Å². The minimum atomic E-state index is -0.215. The number of benzene rings is 2. The van der Waals surface area contributed by atoms with Crippen LogP contribution in [0.2, 0.25) is 10.0 Å². The summed E-state index contributed by atoms with van der Waals surface area (Å²) in [6.07, 6.45) is 3.21. The Morgan fingerprint density at radius 3 is 2.84 bits per heavy atom. The minimum Gasteiger partial charge on any atom is -0.272 e. The van der Waals surface area contributed by atoms with Crippen molar-refractivity contribution in [3.63, 3.8) is 0 Å². The first kappa shape index (κ1) is 17.7. The molecule has 0 spiro atoms. The highest BCUT2D eigenvalue weighted by molar-refractivity contribution is 8.00. The second-order valence-electron chi connectivity index (χ2n) is 5.06. The number of thioether (sulfide) groups is 1. The van der Waals surface area contributed by atoms with E-state index in [0.717, 1.165) is 15.8 Å². The molecule has 126 valence electrons. The average molecular weight is 390 g/mol. The lowest BCUT2D eigenvalue weighted by Crippen LogP contribution is -2.19. The molecule has 7 heteroatoms. The molecule has 1 N–H and O–H groups in total. The zero-order chi connectivity index (χ0) is 17.6. The fourth-order valence-corrected chi connectivity index (χ4v) is 3.35. The largest absolute Gasteiger partial charge is 0.272 e. The van der Waals surface area contributed by atoms with Crippen molar-refractivity contribution in [3.05, 3.63) is 70.3 Å². The molecule has 2 aromatic carbocycles. The van der Waals surface area contributed by atoms with Crippen LogP contribution in [0.5, 0.6) is 0 Å². The highest BCUT2D eigenvalue weighted by Gasteiger charge is 2.06. The molecule has 0 bridgehead atoms. The molecule has 0 aliphatic carbocycles. The van der Waals surface area contributed by atoms with Crippen molar-refractivity contribution < 1.29 is 4.79 Å². The van der Waals surface area contributed by atoms with Crippen LogP contribution in [0.1, 0.15) is 5.56 Å². The van der Waals surface area contributed by atoms with Gasteiger partial charge in [0.2, 0.25) is 5.91 Å². The molecule has 4 nitrogen and oxygen atoms in total. The number of carbonyl (C=O) groups excluding carboxylic acids is 1. The van der Waals surface area contributed by atoms with Crippen LogP contribution in [0.4, 0.5) is 0 Å². The van der Waals surface area contributed by atoms with E-state index >= 15 is 0 Å². The highest BCUT2D eigenvalue weighted by Crippen LogP contribution is 2.26. The van der Waals surface area contributed by atoms with E-state index in [1.54, 1.807) is 24.4 Å². The fourth-order valence-electron chi connectivity index (χ4n) is 2.16. The van der Waals surface area contributed by atoms with Gasteiger partial charge in [0.1, 0.15) is 0 Å². The first-order valence-corrected chi connectivity index (χ1v) is 9.12. The lowest BCUT2D eigenvalue weighted by atomic mass is 10.2. The number of nitrogens with one attached hydrogen (secondary N) is 1. The summed E-state index contributed by atoms with van der Waals surface area (Å²) in [4.78, 5) is 17.3. The van der Waals surface area contributed by atoms with Gasteiger partial charge in [-0.05, 0) is 18.2 Å². The number of rotatable bonds is 5. The van der Waals surface area contributed by atoms with Gasteiger partial charge in [0, 0.05) is 22.0 Å². The minimum absolute atomic E-state index is 0.215. The topological polar surface area (TPSA) is 54.4 Å². The number of pyridine rings is 1. The summed E-state index contributed by atoms with van der Waals surface area (Å²) >= 11 is 13.4. The zero-order valence-electron chi connectivity index (χ0n) is 12.9. The maximum atomic E-state index is 12.0. The van der Waals surface area contributed by atoms with Crippen LogP contribution in [0, 0.1) is 0 Å². The van der Waals surface area contributed by atoms with Gasteiger partial charge in [0.15, 0.2) is 0 Å². The molecule has 0 aliphatic rings. The van der Waals surface area contributed by atoms with Crippen molar-refractivity contribution in [2.45, 2.75) is 4.90 Å². The van der Waals surface area contributed by atoms with Gasteiger partial charge in [-0.25, -0.2) is 5.43 Å². The number of hydrogen-bond acceptors (Lipinski definition) is 4. The van der Waals surface area contributed by atoms with Gasteiger partial charge in [-0.1, -0.05) is 53.5 Å². The normalized spacial score (nSPS) is 11.1. The molecule has 0 radical (unpaired) electrons. The molecule has 3 aromatic rings. The molecular formula is C18H13Cl2N3OS. The van der Waals surface area contributed by atoms with Crippen LogP contribution in [-0.2, 0) is 4.79 Å². The first-order chi connectivity index (χ1) is 12.1. The van der Waals surface area contributed by atoms with Crippen molar-refractivity contribution >= 4 is 58.0 Å². The lowest BCUT2D eigenvalue weighted by molar-refractivity contribution is -0.118. The number of para-hydroxylation sites is 1. The van der Waals surface area contributed by atoms with E-state index in [1.807, 2.05) is 30.3 Å². The van der Waals surface area contributed by atoms with Gasteiger partial charge in [0.05, 0.1) is 27.5 Å². The number of aromatic nitrogens is 1. The Kier molecular flexibility index (Phi) is 5.91. The van der Waals surface area contributed by atoms with E-state index < -0.39 is 0 Å². The maximum absolute atomic E-state index is 12.0. The summed E-state index contributed by atoms with van der Waals surface area (Å²) in [6.45, 7) is 0. The molecule has 0 saturated carbocycles. The Morgan fingerprint density at radius 2 is 1.96 bits per heavy atom. The number of carbonyl (C=O) groups is 1. The quantitative estimate of drug-likeness (QED) is 0.387. The molecule has 0 fully saturated rings. The summed E-state index contributed by atoms with van der Waals surface area (Å²) in [5.74, 6) is 0.0170. The second-order valence-corrected chi connectivity index (χ2v) is 6.86. The molecule has 1 heterocycles. The van der Waals surface area contributed by atoms with E-state index in [4.69, 9.17) is 23.2 Å². The molecule has 1 amide bonds. The van der Waals surface area contributed by atoms with Gasteiger partial charge in [-0.3, -0.25) is 9.78 Å². The smallest absolute Gasteiger partial charge is 0.250 e. The zero-order valence-corrected chi connectivity index (χ0v) is 15.3. The molecule has 1 aromatic heterocycles. The monoisotopic (exact) mass is 389 g/mol. The number of halogens is 2. The Hall–Kier alpha value is -2.08. The number of hydrazone groups is 1. The van der Waals surface area contributed by atoms with Crippen molar-refractivity contribution in [1.82, 2.24) is 10.4 Å². The Bertz CT molecular complexity index is 941. The number of amides is 1. The van der Waals surface area contributed by atoms with Crippen LogP contribution < -0.4 is 5.43 Å². The van der Waals surface area contributed by atoms with Crippen LogP contribution >= 0.6 is 35.0 Å². The number of fused-ring (bicyclic) bond motifs is 1. The van der Waals surface area contributed by atoms with Crippen LogP contribution in [0.25, 0.3) is 10.9 Å². The van der Waals surface area contributed by atoms with E-state index in [0.29, 0.717) is 15.6 Å². The van der Waals surface area contributed by atoms with Gasteiger partial charge < -0.3 is 0 Å². The molecule has 25 heavy (non-hydrogen) atoms. The molecule has 0 atom stereocenters. The van der Waals surface area contributed by atoms with Crippen LogP contribution in [0.3, 0.4) is 0 Å². The van der Waals surface area contributed by atoms with Gasteiger partial charge in [-0.15, -0.1) is 11.8 Å². The summed E-state index contributed by atoms with van der Waals surface area (Å²) in [7, 11) is 0. The standard InChI is InChI=1S/C18H13Cl2N3OS/c19-14-7-1-5-13(17(14)20)10-22-23-16(24)11-25-15-8-2-4-12-6-3-9-21-18(12)15/h1-10H,11H2,(H,23,24)/b22-10-. The number of hydrogen-bond donors (Lipinski definition) is 1. The van der Waals surface area contributed by atoms with Crippen LogP contribution in [-0.4, -0.2) is 22.9 Å². The average Bonchev–Trinajstić information content (AvgIpc) is 2.63. The summed E-state index contributed by atoms with van der Waals surface area (Å²) < 4.78 is 0. The maximum Gasteiger partial charge on any atom is 0.250 e. The summed E-state index contributed by atoms with van der Waals surface area (Å²) in [5, 5.41) is 5.81. The number of nitrogens with zero attached hydrogens (tertiary/aromatic N) is 2. The van der Waals surface area contributed by atoms with E-state index in [-0.39, 0.29) is 11.7 Å². The first-order valence-electron chi connectivity index (χ1n) is 7.37. The van der Waals surface area contributed by atoms with E-state index in [1.165, 1.54) is 18.0 Å². The lowest BCUT2D eigenvalue weighted by Gasteiger charge is -2.04. The molecule has 0 unspecified atom stereocenters. The van der Waals surface area contributed by atoms with Gasteiger partial charge in [0.25, 0.3) is 0 Å². The third kappa shape index (κ3) is 4.51. The van der Waals surface area contributed by atoms with Crippen molar-refractivity contribution in [3.8, 4) is 0 Å². The molecular weight excluding hydrogens is 377 g/mol. The fraction of sp³-hybridized carbons (Fsp3) is 0.0556. The van der Waals surface area contributed by atoms with E-state index in [2.05, 4.69) is 15.5 Å². The Morgan fingerprint density at radius 1 is 1.16 bits per heavy atom.